The Morgan fingerprint density at radius 3 is 1.69 bits per heavy atom. The SMILES string of the molecule is CC.CC(C)c1ccc(OC(C)(C)C)cc1. The Morgan fingerprint density at radius 1 is 0.938 bits per heavy atom. The maximum atomic E-state index is 5.74. The van der Waals surface area contributed by atoms with Gasteiger partial charge in [0.1, 0.15) is 11.4 Å². The number of ether oxygens (including phenoxy) is 1. The molecule has 0 fully saturated rings. The lowest BCUT2D eigenvalue weighted by molar-refractivity contribution is 0.131. The van der Waals surface area contributed by atoms with E-state index in [2.05, 4.69) is 46.8 Å². The van der Waals surface area contributed by atoms with Crippen LogP contribution in [0.15, 0.2) is 24.3 Å². The molecule has 0 N–H and O–H groups in total. The lowest BCUT2D eigenvalue weighted by atomic mass is 10.0. The van der Waals surface area contributed by atoms with Crippen LogP contribution in [0, 0.1) is 0 Å². The van der Waals surface area contributed by atoms with Crippen molar-refractivity contribution in [2.75, 3.05) is 0 Å². The first-order valence-corrected chi connectivity index (χ1v) is 6.17. The van der Waals surface area contributed by atoms with Gasteiger partial charge in [0.15, 0.2) is 0 Å². The van der Waals surface area contributed by atoms with Gasteiger partial charge in [0.05, 0.1) is 0 Å². The summed E-state index contributed by atoms with van der Waals surface area (Å²) < 4.78 is 5.74. The summed E-state index contributed by atoms with van der Waals surface area (Å²) in [6.07, 6.45) is 0. The van der Waals surface area contributed by atoms with Crippen molar-refractivity contribution in [2.45, 2.75) is 60.0 Å². The summed E-state index contributed by atoms with van der Waals surface area (Å²) >= 11 is 0. The van der Waals surface area contributed by atoms with E-state index >= 15 is 0 Å². The molecule has 0 unspecified atom stereocenters. The largest absolute Gasteiger partial charge is 0.488 e. The van der Waals surface area contributed by atoms with E-state index in [-0.39, 0.29) is 5.60 Å². The quantitative estimate of drug-likeness (QED) is 0.683. The van der Waals surface area contributed by atoms with Gasteiger partial charge >= 0.3 is 0 Å². The summed E-state index contributed by atoms with van der Waals surface area (Å²) in [7, 11) is 0. The zero-order valence-electron chi connectivity index (χ0n) is 11.8. The second kappa shape index (κ2) is 6.57. The van der Waals surface area contributed by atoms with Gasteiger partial charge in [0.25, 0.3) is 0 Å². The molecule has 0 spiro atoms. The molecule has 92 valence electrons. The Kier molecular flexibility index (Phi) is 6.17. The van der Waals surface area contributed by atoms with Crippen molar-refractivity contribution in [3.05, 3.63) is 29.8 Å². The normalized spacial score (nSPS) is 10.8. The van der Waals surface area contributed by atoms with Gasteiger partial charge in [0, 0.05) is 0 Å². The van der Waals surface area contributed by atoms with Gasteiger partial charge in [-0.05, 0) is 44.4 Å². The van der Waals surface area contributed by atoms with Crippen molar-refractivity contribution in [1.29, 1.82) is 0 Å². The molecular weight excluding hydrogens is 196 g/mol. The van der Waals surface area contributed by atoms with Crippen molar-refractivity contribution in [2.24, 2.45) is 0 Å². The van der Waals surface area contributed by atoms with Crippen LogP contribution in [0.1, 0.15) is 59.9 Å². The van der Waals surface area contributed by atoms with Crippen LogP contribution in [0.5, 0.6) is 5.75 Å². The summed E-state index contributed by atoms with van der Waals surface area (Å²) in [4.78, 5) is 0. The van der Waals surface area contributed by atoms with Crippen molar-refractivity contribution < 1.29 is 4.74 Å². The highest BCUT2D eigenvalue weighted by Gasteiger charge is 2.11. The van der Waals surface area contributed by atoms with Crippen LogP contribution in [-0.2, 0) is 0 Å². The Morgan fingerprint density at radius 2 is 1.38 bits per heavy atom. The van der Waals surface area contributed by atoms with E-state index in [0.29, 0.717) is 5.92 Å². The van der Waals surface area contributed by atoms with E-state index in [4.69, 9.17) is 4.74 Å². The molecular formula is C15H26O. The van der Waals surface area contributed by atoms with E-state index < -0.39 is 0 Å². The Bertz CT molecular complexity index is 277. The molecule has 1 rings (SSSR count). The molecule has 0 amide bonds. The summed E-state index contributed by atoms with van der Waals surface area (Å²) in [6.45, 7) is 14.6. The van der Waals surface area contributed by atoms with Gasteiger partial charge in [-0.2, -0.15) is 0 Å². The fraction of sp³-hybridized carbons (Fsp3) is 0.600. The molecule has 0 saturated heterocycles. The Labute approximate surface area is 101 Å². The van der Waals surface area contributed by atoms with E-state index in [9.17, 15) is 0 Å². The van der Waals surface area contributed by atoms with Crippen LogP contribution in [0.3, 0.4) is 0 Å². The third kappa shape index (κ3) is 5.79. The fourth-order valence-corrected chi connectivity index (χ4v) is 1.27. The van der Waals surface area contributed by atoms with Gasteiger partial charge < -0.3 is 4.74 Å². The number of rotatable bonds is 2. The van der Waals surface area contributed by atoms with E-state index in [1.807, 2.05) is 26.0 Å². The minimum Gasteiger partial charge on any atom is -0.488 e. The van der Waals surface area contributed by atoms with Crippen molar-refractivity contribution in [3.63, 3.8) is 0 Å². The van der Waals surface area contributed by atoms with E-state index in [1.54, 1.807) is 0 Å². The van der Waals surface area contributed by atoms with Gasteiger partial charge in [-0.15, -0.1) is 0 Å². The second-order valence-electron chi connectivity index (χ2n) is 4.94. The van der Waals surface area contributed by atoms with E-state index in [1.165, 1.54) is 5.56 Å². The first-order valence-electron chi connectivity index (χ1n) is 6.17. The molecule has 0 aliphatic carbocycles. The molecule has 0 heterocycles. The predicted octanol–water partition coefficient (Wildman–Crippen LogP) is 5.01. The molecule has 1 nitrogen and oxygen atoms in total. The highest BCUT2D eigenvalue weighted by atomic mass is 16.5. The summed E-state index contributed by atoms with van der Waals surface area (Å²) in [5.74, 6) is 1.53. The van der Waals surface area contributed by atoms with Gasteiger partial charge in [0.2, 0.25) is 0 Å². The molecule has 0 saturated carbocycles. The average Bonchev–Trinajstić information content (AvgIpc) is 2.19. The highest BCUT2D eigenvalue weighted by molar-refractivity contribution is 5.29. The predicted molar refractivity (Wildman–Crippen MR) is 72.3 cm³/mol. The van der Waals surface area contributed by atoms with Crippen LogP contribution < -0.4 is 4.74 Å². The first kappa shape index (κ1) is 15.0. The summed E-state index contributed by atoms with van der Waals surface area (Å²) in [5.41, 5.74) is 1.24. The zero-order chi connectivity index (χ0) is 12.8. The van der Waals surface area contributed by atoms with Crippen LogP contribution in [-0.4, -0.2) is 5.60 Å². The molecule has 0 aliphatic rings. The fourth-order valence-electron chi connectivity index (χ4n) is 1.27. The highest BCUT2D eigenvalue weighted by Crippen LogP contribution is 2.21. The van der Waals surface area contributed by atoms with Gasteiger partial charge in [-0.3, -0.25) is 0 Å². The summed E-state index contributed by atoms with van der Waals surface area (Å²) in [6, 6.07) is 8.35. The molecule has 1 aromatic carbocycles. The molecule has 1 heteroatoms. The van der Waals surface area contributed by atoms with Gasteiger partial charge in [-0.1, -0.05) is 39.8 Å². The van der Waals surface area contributed by atoms with Crippen molar-refractivity contribution >= 4 is 0 Å². The van der Waals surface area contributed by atoms with Gasteiger partial charge in [-0.25, -0.2) is 0 Å². The molecule has 16 heavy (non-hydrogen) atoms. The first-order chi connectivity index (χ1) is 7.38. The number of hydrogen-bond donors (Lipinski definition) is 0. The zero-order valence-corrected chi connectivity index (χ0v) is 11.8. The molecule has 0 bridgehead atoms. The minimum atomic E-state index is -0.112. The van der Waals surface area contributed by atoms with Crippen LogP contribution in [0.2, 0.25) is 0 Å². The smallest absolute Gasteiger partial charge is 0.120 e. The third-order valence-corrected chi connectivity index (χ3v) is 1.97. The molecule has 1 aromatic rings. The van der Waals surface area contributed by atoms with Crippen LogP contribution in [0.4, 0.5) is 0 Å². The van der Waals surface area contributed by atoms with Crippen molar-refractivity contribution in [3.8, 4) is 5.75 Å². The monoisotopic (exact) mass is 222 g/mol. The second-order valence-corrected chi connectivity index (χ2v) is 4.94. The molecule has 0 radical (unpaired) electrons. The molecule has 0 aromatic heterocycles. The number of hydrogen-bond acceptors (Lipinski definition) is 1. The maximum Gasteiger partial charge on any atom is 0.120 e. The topological polar surface area (TPSA) is 9.23 Å². The Balaban J connectivity index is 0.00000106. The van der Waals surface area contributed by atoms with E-state index in [0.717, 1.165) is 5.75 Å². The number of benzene rings is 1. The lowest BCUT2D eigenvalue weighted by Gasteiger charge is -2.21. The average molecular weight is 222 g/mol. The molecule has 0 atom stereocenters. The standard InChI is InChI=1S/C13H20O.C2H6/c1-10(2)11-6-8-12(9-7-11)14-13(3,4)5;1-2/h6-10H,1-5H3;1-2H3. The Hall–Kier alpha value is -0.980. The minimum absolute atomic E-state index is 0.112. The maximum absolute atomic E-state index is 5.74. The van der Waals surface area contributed by atoms with Crippen LogP contribution in [0.25, 0.3) is 0 Å². The van der Waals surface area contributed by atoms with Crippen molar-refractivity contribution in [1.82, 2.24) is 0 Å². The van der Waals surface area contributed by atoms with Crippen LogP contribution >= 0.6 is 0 Å². The third-order valence-electron chi connectivity index (χ3n) is 1.97. The lowest BCUT2D eigenvalue weighted by Crippen LogP contribution is -2.22. The summed E-state index contributed by atoms with van der Waals surface area (Å²) in [5, 5.41) is 0. The molecule has 0 aliphatic heterocycles.